The third-order valence-corrected chi connectivity index (χ3v) is 5.55. The van der Waals surface area contributed by atoms with Crippen molar-refractivity contribution in [3.05, 3.63) is 71.2 Å². The Hall–Kier alpha value is -2.30. The number of benzene rings is 4. The maximum atomic E-state index is 4.49. The fourth-order valence-corrected chi connectivity index (χ4v) is 4.28. The van der Waals surface area contributed by atoms with E-state index in [4.69, 9.17) is 0 Å². The summed E-state index contributed by atoms with van der Waals surface area (Å²) < 4.78 is 9.87. The van der Waals surface area contributed by atoms with E-state index in [2.05, 4.69) is 85.3 Å². The van der Waals surface area contributed by atoms with Crippen LogP contribution in [0.25, 0.3) is 43.7 Å². The molecule has 0 aliphatic rings. The fourth-order valence-electron chi connectivity index (χ4n) is 3.18. The molecule has 0 atom stereocenters. The minimum absolute atomic E-state index is 0.927. The molecule has 0 radical (unpaired) electrons. The zero-order chi connectivity index (χ0) is 16.1. The number of fused-ring (bicyclic) bond motifs is 3. The molecule has 1 aromatic heterocycles. The predicted molar refractivity (Wildman–Crippen MR) is 106 cm³/mol. The van der Waals surface area contributed by atoms with Crippen LogP contribution in [0.5, 0.6) is 0 Å². The first-order valence-corrected chi connectivity index (χ1v) is 9.16. The van der Waals surface area contributed by atoms with Crippen LogP contribution in [0.3, 0.4) is 0 Å². The van der Waals surface area contributed by atoms with Gasteiger partial charge in [0.2, 0.25) is 0 Å². The summed E-state index contributed by atoms with van der Waals surface area (Å²) in [4.78, 5) is 0. The molecule has 0 amide bonds. The van der Waals surface area contributed by atoms with Crippen LogP contribution in [0.4, 0.5) is 0 Å². The lowest BCUT2D eigenvalue weighted by molar-refractivity contribution is 1.59. The van der Waals surface area contributed by atoms with Crippen LogP contribution in [-0.4, -0.2) is 8.75 Å². The van der Waals surface area contributed by atoms with Gasteiger partial charge in [-0.1, -0.05) is 42.5 Å². The normalized spacial score (nSPS) is 11.5. The van der Waals surface area contributed by atoms with Crippen molar-refractivity contribution >= 4 is 60.2 Å². The molecule has 24 heavy (non-hydrogen) atoms. The summed E-state index contributed by atoms with van der Waals surface area (Å²) in [6.07, 6.45) is 0. The van der Waals surface area contributed by atoms with Crippen LogP contribution in [-0.2, 0) is 0 Å². The number of rotatable bonds is 1. The summed E-state index contributed by atoms with van der Waals surface area (Å²) in [5.74, 6) is 0. The molecule has 0 saturated heterocycles. The Bertz CT molecular complexity index is 1230. The van der Waals surface area contributed by atoms with Crippen molar-refractivity contribution in [2.45, 2.75) is 0 Å². The average Bonchev–Trinajstić information content (AvgIpc) is 3.10. The molecule has 0 fully saturated rings. The van der Waals surface area contributed by atoms with Crippen LogP contribution in [0, 0.1) is 0 Å². The third-order valence-electron chi connectivity index (χ3n) is 4.38. The van der Waals surface area contributed by atoms with Gasteiger partial charge in [-0.05, 0) is 67.3 Å². The molecule has 5 rings (SSSR count). The molecule has 0 saturated carbocycles. The Morgan fingerprint density at radius 3 is 2.21 bits per heavy atom. The van der Waals surface area contributed by atoms with E-state index >= 15 is 0 Å². The highest BCUT2D eigenvalue weighted by molar-refractivity contribution is 9.10. The topological polar surface area (TPSA) is 25.8 Å². The smallest absolute Gasteiger partial charge is 0.119 e. The van der Waals surface area contributed by atoms with E-state index in [0.29, 0.717) is 0 Å². The van der Waals surface area contributed by atoms with Gasteiger partial charge in [0, 0.05) is 10.0 Å². The molecule has 4 aromatic carbocycles. The van der Waals surface area contributed by atoms with Crippen LogP contribution in [0.2, 0.25) is 0 Å². The van der Waals surface area contributed by atoms with Gasteiger partial charge in [-0.3, -0.25) is 0 Å². The lowest BCUT2D eigenvalue weighted by Gasteiger charge is -2.07. The molecular weight excluding hydrogens is 380 g/mol. The van der Waals surface area contributed by atoms with Crippen molar-refractivity contribution in [2.24, 2.45) is 0 Å². The number of aromatic nitrogens is 2. The Morgan fingerprint density at radius 2 is 1.38 bits per heavy atom. The highest BCUT2D eigenvalue weighted by Gasteiger charge is 2.11. The monoisotopic (exact) mass is 390 g/mol. The number of nitrogens with zero attached hydrogens (tertiary/aromatic N) is 2. The van der Waals surface area contributed by atoms with E-state index in [1.807, 2.05) is 6.07 Å². The van der Waals surface area contributed by atoms with E-state index in [1.165, 1.54) is 38.8 Å². The highest BCUT2D eigenvalue weighted by Crippen LogP contribution is 2.34. The molecular formula is C20H11BrN2S. The molecule has 0 bridgehead atoms. The minimum atomic E-state index is 0.927. The molecule has 2 nitrogen and oxygen atoms in total. The summed E-state index contributed by atoms with van der Waals surface area (Å²) in [5, 5.41) is 5.03. The number of halogens is 1. The van der Waals surface area contributed by atoms with Crippen molar-refractivity contribution in [3.8, 4) is 11.1 Å². The zero-order valence-electron chi connectivity index (χ0n) is 12.5. The fraction of sp³-hybridized carbons (Fsp3) is 0. The second-order valence-corrected chi connectivity index (χ2v) is 7.20. The quantitative estimate of drug-likeness (QED) is 0.308. The second-order valence-electron chi connectivity index (χ2n) is 5.82. The molecule has 0 aliphatic carbocycles. The van der Waals surface area contributed by atoms with Crippen molar-refractivity contribution in [1.29, 1.82) is 0 Å². The first kappa shape index (κ1) is 14.1. The summed E-state index contributed by atoms with van der Waals surface area (Å²) in [7, 11) is 0. The number of hydrogen-bond donors (Lipinski definition) is 0. The molecule has 0 aliphatic heterocycles. The molecule has 114 valence electrons. The maximum Gasteiger partial charge on any atom is 0.119 e. The zero-order valence-corrected chi connectivity index (χ0v) is 14.9. The molecule has 5 aromatic rings. The van der Waals surface area contributed by atoms with E-state index in [-0.39, 0.29) is 0 Å². The van der Waals surface area contributed by atoms with Crippen molar-refractivity contribution in [1.82, 2.24) is 8.75 Å². The minimum Gasteiger partial charge on any atom is -0.172 e. The Labute approximate surface area is 151 Å². The molecule has 0 N–H and O–H groups in total. The van der Waals surface area contributed by atoms with Gasteiger partial charge in [0.05, 0.1) is 11.7 Å². The number of hydrogen-bond acceptors (Lipinski definition) is 3. The predicted octanol–water partition coefficient (Wildman–Crippen LogP) is 6.43. The van der Waals surface area contributed by atoms with E-state index in [9.17, 15) is 0 Å². The van der Waals surface area contributed by atoms with Crippen LogP contribution in [0.1, 0.15) is 0 Å². The molecule has 4 heteroatoms. The Morgan fingerprint density at radius 1 is 0.667 bits per heavy atom. The van der Waals surface area contributed by atoms with E-state index < -0.39 is 0 Å². The first-order chi connectivity index (χ1) is 11.8. The average molecular weight is 391 g/mol. The van der Waals surface area contributed by atoms with Gasteiger partial charge in [-0.15, -0.1) is 0 Å². The van der Waals surface area contributed by atoms with E-state index in [1.54, 1.807) is 0 Å². The standard InChI is InChI=1S/C20H11BrN2S/c21-18-8-7-17(19-20(18)23-24-22-19)15-6-5-14-9-12-3-1-2-4-13(12)10-16(14)11-15/h1-11H. The SMILES string of the molecule is Brc1ccc(-c2ccc3cc4ccccc4cc3c2)c2nsnc12. The van der Waals surface area contributed by atoms with Gasteiger partial charge in [-0.25, -0.2) is 0 Å². The van der Waals surface area contributed by atoms with Gasteiger partial charge in [-0.2, -0.15) is 8.75 Å². The van der Waals surface area contributed by atoms with Gasteiger partial charge in [0.1, 0.15) is 11.0 Å². The Balaban J connectivity index is 1.78. The summed E-state index contributed by atoms with van der Waals surface area (Å²) in [6.45, 7) is 0. The lowest BCUT2D eigenvalue weighted by Crippen LogP contribution is -1.83. The van der Waals surface area contributed by atoms with Gasteiger partial charge < -0.3 is 0 Å². The molecule has 0 unspecified atom stereocenters. The summed E-state index contributed by atoms with van der Waals surface area (Å²) >= 11 is 4.81. The molecule has 0 spiro atoms. The van der Waals surface area contributed by atoms with Gasteiger partial charge in [0.25, 0.3) is 0 Å². The van der Waals surface area contributed by atoms with Crippen LogP contribution in [0.15, 0.2) is 71.2 Å². The van der Waals surface area contributed by atoms with Crippen LogP contribution >= 0.6 is 27.7 Å². The van der Waals surface area contributed by atoms with Crippen LogP contribution < -0.4 is 0 Å². The lowest BCUT2D eigenvalue weighted by atomic mass is 9.98. The highest BCUT2D eigenvalue weighted by atomic mass is 79.9. The first-order valence-electron chi connectivity index (χ1n) is 7.63. The van der Waals surface area contributed by atoms with Gasteiger partial charge >= 0.3 is 0 Å². The van der Waals surface area contributed by atoms with Crippen molar-refractivity contribution in [3.63, 3.8) is 0 Å². The Kier molecular flexibility index (Phi) is 3.15. The summed E-state index contributed by atoms with van der Waals surface area (Å²) in [5.41, 5.74) is 4.17. The molecule has 1 heterocycles. The van der Waals surface area contributed by atoms with Crippen molar-refractivity contribution < 1.29 is 0 Å². The largest absolute Gasteiger partial charge is 0.172 e. The van der Waals surface area contributed by atoms with E-state index in [0.717, 1.165) is 21.1 Å². The van der Waals surface area contributed by atoms with Gasteiger partial charge in [0.15, 0.2) is 0 Å². The second kappa shape index (κ2) is 5.36. The third kappa shape index (κ3) is 2.14. The maximum absolute atomic E-state index is 4.49. The summed E-state index contributed by atoms with van der Waals surface area (Å²) in [6, 6.07) is 23.7. The van der Waals surface area contributed by atoms with Crippen molar-refractivity contribution in [2.75, 3.05) is 0 Å².